The summed E-state index contributed by atoms with van der Waals surface area (Å²) in [4.78, 5) is 0. The molecule has 0 saturated heterocycles. The monoisotopic (exact) mass is 236 g/mol. The van der Waals surface area contributed by atoms with Crippen LogP contribution >= 0.6 is 0 Å². The number of benzene rings is 1. The van der Waals surface area contributed by atoms with Crippen LogP contribution in [0.3, 0.4) is 0 Å². The van der Waals surface area contributed by atoms with Crippen LogP contribution in [0.15, 0.2) is 30.4 Å². The van der Waals surface area contributed by atoms with Crippen LogP contribution in [0.5, 0.6) is 0 Å². The zero-order chi connectivity index (χ0) is 12.7. The van der Waals surface area contributed by atoms with E-state index in [0.717, 1.165) is 24.5 Å². The van der Waals surface area contributed by atoms with Gasteiger partial charge in [0.1, 0.15) is 11.6 Å². The second-order valence-electron chi connectivity index (χ2n) is 5.90. The number of rotatable bonds is 1. The zero-order valence-electron chi connectivity index (χ0n) is 10.6. The maximum atomic E-state index is 13.2. The summed E-state index contributed by atoms with van der Waals surface area (Å²) in [5.41, 5.74) is 0.658. The number of hydrogen-bond acceptors (Lipinski definition) is 0. The van der Waals surface area contributed by atoms with Crippen molar-refractivity contribution in [2.24, 2.45) is 5.41 Å². The first-order valence-corrected chi connectivity index (χ1v) is 5.98. The smallest absolute Gasteiger partial charge is 0.126 e. The van der Waals surface area contributed by atoms with Crippen molar-refractivity contribution in [3.05, 3.63) is 47.5 Å². The Labute approximate surface area is 101 Å². The largest absolute Gasteiger partial charge is 0.207 e. The Hall–Kier alpha value is -1.18. The lowest BCUT2D eigenvalue weighted by atomic mass is 9.68. The first kappa shape index (κ1) is 12.3. The fourth-order valence-corrected chi connectivity index (χ4v) is 2.28. The van der Waals surface area contributed by atoms with Crippen molar-refractivity contribution < 1.29 is 8.78 Å². The minimum atomic E-state index is -0.501. The van der Waals surface area contributed by atoms with Gasteiger partial charge in [-0.2, -0.15) is 0 Å². The van der Waals surface area contributed by atoms with Gasteiger partial charge in [0, 0.05) is 11.5 Å². The molecule has 0 heterocycles. The van der Waals surface area contributed by atoms with Gasteiger partial charge in [-0.3, -0.25) is 0 Å². The highest BCUT2D eigenvalue weighted by atomic mass is 19.1. The van der Waals surface area contributed by atoms with Crippen LogP contribution in [0.2, 0.25) is 0 Å². The minimum Gasteiger partial charge on any atom is -0.207 e. The van der Waals surface area contributed by atoms with Gasteiger partial charge in [0.2, 0.25) is 0 Å². The molecule has 0 fully saturated rings. The third kappa shape index (κ3) is 2.56. The van der Waals surface area contributed by atoms with E-state index >= 15 is 0 Å². The summed E-state index contributed by atoms with van der Waals surface area (Å²) in [5.74, 6) is -1.00. The maximum Gasteiger partial charge on any atom is 0.126 e. The molecule has 0 N–H and O–H groups in total. The van der Waals surface area contributed by atoms with E-state index in [-0.39, 0.29) is 10.8 Å². The molecular formula is C15H18F2. The SMILES string of the molecule is CC1(C)C=C[C@](C)(c2cc(F)cc(F)c2)CC1. The van der Waals surface area contributed by atoms with Gasteiger partial charge in [-0.05, 0) is 36.0 Å². The Morgan fingerprint density at radius 3 is 1.94 bits per heavy atom. The molecule has 1 atom stereocenters. The molecule has 0 unspecified atom stereocenters. The lowest BCUT2D eigenvalue weighted by Crippen LogP contribution is -2.27. The van der Waals surface area contributed by atoms with Gasteiger partial charge in [-0.15, -0.1) is 0 Å². The van der Waals surface area contributed by atoms with Gasteiger partial charge < -0.3 is 0 Å². The summed E-state index contributed by atoms with van der Waals surface area (Å²) in [7, 11) is 0. The van der Waals surface area contributed by atoms with Crippen molar-refractivity contribution in [1.82, 2.24) is 0 Å². The molecular weight excluding hydrogens is 218 g/mol. The Bertz CT molecular complexity index is 440. The van der Waals surface area contributed by atoms with E-state index in [0.29, 0.717) is 0 Å². The van der Waals surface area contributed by atoms with Crippen LogP contribution in [0, 0.1) is 17.0 Å². The van der Waals surface area contributed by atoms with E-state index in [4.69, 9.17) is 0 Å². The van der Waals surface area contributed by atoms with Gasteiger partial charge >= 0.3 is 0 Å². The number of allylic oxidation sites excluding steroid dienone is 2. The highest BCUT2D eigenvalue weighted by Gasteiger charge is 2.31. The molecule has 2 rings (SSSR count). The van der Waals surface area contributed by atoms with Crippen molar-refractivity contribution in [3.8, 4) is 0 Å². The van der Waals surface area contributed by atoms with Crippen LogP contribution in [0.1, 0.15) is 39.2 Å². The predicted octanol–water partition coefficient (Wildman–Crippen LogP) is 4.60. The van der Waals surface area contributed by atoms with E-state index < -0.39 is 11.6 Å². The summed E-state index contributed by atoms with van der Waals surface area (Å²) in [6, 6.07) is 3.79. The lowest BCUT2D eigenvalue weighted by molar-refractivity contribution is 0.340. The van der Waals surface area contributed by atoms with E-state index in [1.54, 1.807) is 0 Å². The highest BCUT2D eigenvalue weighted by Crippen LogP contribution is 2.41. The van der Waals surface area contributed by atoms with Crippen molar-refractivity contribution in [1.29, 1.82) is 0 Å². The van der Waals surface area contributed by atoms with Gasteiger partial charge in [-0.1, -0.05) is 32.9 Å². The molecule has 0 bridgehead atoms. The highest BCUT2D eigenvalue weighted by molar-refractivity contribution is 5.33. The quantitative estimate of drug-likeness (QED) is 0.625. The Kier molecular flexibility index (Phi) is 2.84. The standard InChI is InChI=1S/C15H18F2/c1-14(2)4-6-15(3,7-5-14)11-8-12(16)10-13(17)9-11/h4,6,8-10H,5,7H2,1-3H3/t15-/m0/s1. The van der Waals surface area contributed by atoms with Crippen LogP contribution in [0.25, 0.3) is 0 Å². The van der Waals surface area contributed by atoms with Crippen LogP contribution in [0.4, 0.5) is 8.78 Å². The first-order valence-electron chi connectivity index (χ1n) is 5.98. The molecule has 0 saturated carbocycles. The molecule has 92 valence electrons. The third-order valence-electron chi connectivity index (χ3n) is 3.71. The molecule has 0 aromatic heterocycles. The summed E-state index contributed by atoms with van der Waals surface area (Å²) >= 11 is 0. The average Bonchev–Trinajstić information content (AvgIpc) is 2.22. The molecule has 0 nitrogen and oxygen atoms in total. The van der Waals surface area contributed by atoms with Crippen LogP contribution in [-0.2, 0) is 5.41 Å². The number of halogens is 2. The fourth-order valence-electron chi connectivity index (χ4n) is 2.28. The lowest BCUT2D eigenvalue weighted by Gasteiger charge is -2.36. The summed E-state index contributed by atoms with van der Waals surface area (Å²) in [6.07, 6.45) is 6.18. The number of hydrogen-bond donors (Lipinski definition) is 0. The van der Waals surface area contributed by atoms with Gasteiger partial charge in [0.15, 0.2) is 0 Å². The molecule has 1 aliphatic carbocycles. The van der Waals surface area contributed by atoms with E-state index in [2.05, 4.69) is 26.0 Å². The van der Waals surface area contributed by atoms with Crippen LogP contribution in [-0.4, -0.2) is 0 Å². The Balaban J connectivity index is 2.40. The molecule has 0 aliphatic heterocycles. The van der Waals surface area contributed by atoms with Crippen molar-refractivity contribution >= 4 is 0 Å². The van der Waals surface area contributed by atoms with Crippen molar-refractivity contribution in [3.63, 3.8) is 0 Å². The Morgan fingerprint density at radius 1 is 0.882 bits per heavy atom. The molecule has 17 heavy (non-hydrogen) atoms. The van der Waals surface area contributed by atoms with Gasteiger partial charge in [0.05, 0.1) is 0 Å². The first-order chi connectivity index (χ1) is 7.81. The predicted molar refractivity (Wildman–Crippen MR) is 65.9 cm³/mol. The average molecular weight is 236 g/mol. The van der Waals surface area contributed by atoms with E-state index in [1.807, 2.05) is 6.92 Å². The summed E-state index contributed by atoms with van der Waals surface area (Å²) < 4.78 is 26.5. The Morgan fingerprint density at radius 2 is 1.47 bits per heavy atom. The zero-order valence-corrected chi connectivity index (χ0v) is 10.6. The third-order valence-corrected chi connectivity index (χ3v) is 3.71. The molecule has 1 aromatic rings. The van der Waals surface area contributed by atoms with Crippen molar-refractivity contribution in [2.75, 3.05) is 0 Å². The van der Waals surface area contributed by atoms with Crippen LogP contribution < -0.4 is 0 Å². The minimum absolute atomic E-state index is 0.186. The molecule has 1 aliphatic rings. The van der Waals surface area contributed by atoms with Crippen molar-refractivity contribution in [2.45, 2.75) is 39.0 Å². The second kappa shape index (κ2) is 3.94. The second-order valence-corrected chi connectivity index (χ2v) is 5.90. The maximum absolute atomic E-state index is 13.2. The molecule has 0 radical (unpaired) electrons. The molecule has 0 amide bonds. The van der Waals surface area contributed by atoms with E-state index in [9.17, 15) is 8.78 Å². The summed E-state index contributed by atoms with van der Waals surface area (Å²) in [5, 5.41) is 0. The molecule has 0 spiro atoms. The normalized spacial score (nSPS) is 27.1. The van der Waals surface area contributed by atoms with E-state index in [1.165, 1.54) is 12.1 Å². The topological polar surface area (TPSA) is 0 Å². The van der Waals surface area contributed by atoms with Gasteiger partial charge in [0.25, 0.3) is 0 Å². The van der Waals surface area contributed by atoms with Gasteiger partial charge in [-0.25, -0.2) is 8.78 Å². The summed E-state index contributed by atoms with van der Waals surface area (Å²) in [6.45, 7) is 6.39. The fraction of sp³-hybridized carbons (Fsp3) is 0.467. The molecule has 1 aromatic carbocycles. The molecule has 2 heteroatoms.